The first kappa shape index (κ1) is 27.6. The Bertz CT molecular complexity index is 1490. The van der Waals surface area contributed by atoms with Crippen molar-refractivity contribution in [3.05, 3.63) is 112 Å². The molecule has 4 rings (SSSR count). The van der Waals surface area contributed by atoms with Gasteiger partial charge in [0, 0.05) is 25.3 Å². The number of carbonyl (C=O) groups excluding carboxylic acids is 2. The third-order valence-corrected chi connectivity index (χ3v) is 6.21. The molecule has 9 nitrogen and oxygen atoms in total. The second kappa shape index (κ2) is 12.9. The Balaban J connectivity index is 1.59. The van der Waals surface area contributed by atoms with Gasteiger partial charge in [-0.3, -0.25) is 14.4 Å². The van der Waals surface area contributed by atoms with Crippen LogP contribution in [0.2, 0.25) is 0 Å². The summed E-state index contributed by atoms with van der Waals surface area (Å²) < 4.78 is 16.2. The van der Waals surface area contributed by atoms with Crippen LogP contribution in [0.4, 0.5) is 0 Å². The highest BCUT2D eigenvalue weighted by Gasteiger charge is 2.30. The van der Waals surface area contributed by atoms with Crippen molar-refractivity contribution in [2.75, 3.05) is 13.9 Å². The van der Waals surface area contributed by atoms with E-state index in [1.807, 2.05) is 60.7 Å². The minimum atomic E-state index is -1.57. The molecule has 3 aromatic carbocycles. The van der Waals surface area contributed by atoms with Crippen LogP contribution in [-0.2, 0) is 22.5 Å². The van der Waals surface area contributed by atoms with E-state index in [2.05, 4.69) is 10.6 Å². The molecule has 3 N–H and O–H groups in total. The van der Waals surface area contributed by atoms with Crippen LogP contribution in [0.5, 0.6) is 5.75 Å². The van der Waals surface area contributed by atoms with E-state index in [1.165, 1.54) is 20.1 Å². The van der Waals surface area contributed by atoms with Crippen molar-refractivity contribution in [1.29, 1.82) is 0 Å². The van der Waals surface area contributed by atoms with E-state index in [-0.39, 0.29) is 47.5 Å². The van der Waals surface area contributed by atoms with Crippen molar-refractivity contribution < 1.29 is 28.6 Å². The Hall–Kier alpha value is -4.47. The van der Waals surface area contributed by atoms with Crippen LogP contribution >= 0.6 is 0 Å². The summed E-state index contributed by atoms with van der Waals surface area (Å²) in [5.74, 6) is -1.19. The zero-order valence-corrected chi connectivity index (χ0v) is 21.7. The smallest absolute Gasteiger partial charge is 0.287 e. The molecule has 1 aromatic heterocycles. The number of hydrogen-bond acceptors (Lipinski definition) is 7. The standard InChI is InChI=1S/C30H30N2O7/c1-19-26(33)23-14-13-22(38-18-37-2)16-25(23)39-28(19)30(36)32-24(15-20-9-5-3-6-10-20)27(34)29(35)31-17-21-11-7-4-8-12-21/h3-14,16,24,27,34H,15,17-18H2,1-2H3,(H,31,35)(H,32,36)/t24-,27?/m0/s1. The van der Waals surface area contributed by atoms with E-state index in [0.717, 1.165) is 11.1 Å². The summed E-state index contributed by atoms with van der Waals surface area (Å²) in [7, 11) is 1.48. The number of nitrogens with one attached hydrogen (secondary N) is 2. The zero-order valence-electron chi connectivity index (χ0n) is 21.7. The van der Waals surface area contributed by atoms with Crippen LogP contribution in [0.3, 0.4) is 0 Å². The van der Waals surface area contributed by atoms with Gasteiger partial charge in [-0.05, 0) is 36.6 Å². The largest absolute Gasteiger partial charge is 0.467 e. The minimum Gasteiger partial charge on any atom is -0.467 e. The van der Waals surface area contributed by atoms with Crippen molar-refractivity contribution in [1.82, 2.24) is 10.6 Å². The second-order valence-electron chi connectivity index (χ2n) is 9.01. The lowest BCUT2D eigenvalue weighted by molar-refractivity contribution is -0.130. The first-order chi connectivity index (χ1) is 18.9. The minimum absolute atomic E-state index is 0.000332. The van der Waals surface area contributed by atoms with Crippen molar-refractivity contribution in [2.24, 2.45) is 0 Å². The van der Waals surface area contributed by atoms with Gasteiger partial charge in [-0.15, -0.1) is 0 Å². The predicted molar refractivity (Wildman–Crippen MR) is 145 cm³/mol. The SMILES string of the molecule is COCOc1ccc2c(=O)c(C)c(C(=O)N[C@@H](Cc3ccccc3)C(O)C(=O)NCc3ccccc3)oc2c1. The summed E-state index contributed by atoms with van der Waals surface area (Å²) in [6.07, 6.45) is -1.40. The normalized spacial score (nSPS) is 12.5. The van der Waals surface area contributed by atoms with Crippen LogP contribution < -0.4 is 20.8 Å². The lowest BCUT2D eigenvalue weighted by Gasteiger charge is -2.24. The number of aliphatic hydroxyl groups excluding tert-OH is 1. The molecule has 202 valence electrons. The van der Waals surface area contributed by atoms with Crippen LogP contribution in [-0.4, -0.2) is 43.0 Å². The molecule has 0 spiro atoms. The van der Waals surface area contributed by atoms with E-state index in [9.17, 15) is 19.5 Å². The Morgan fingerprint density at radius 3 is 2.31 bits per heavy atom. The average Bonchev–Trinajstić information content (AvgIpc) is 2.96. The van der Waals surface area contributed by atoms with Gasteiger partial charge < -0.3 is 29.6 Å². The molecule has 1 heterocycles. The first-order valence-electron chi connectivity index (χ1n) is 12.4. The van der Waals surface area contributed by atoms with Crippen LogP contribution in [0, 0.1) is 6.92 Å². The number of benzene rings is 3. The zero-order chi connectivity index (χ0) is 27.8. The van der Waals surface area contributed by atoms with Gasteiger partial charge in [0.2, 0.25) is 0 Å². The van der Waals surface area contributed by atoms with Crippen molar-refractivity contribution in [2.45, 2.75) is 32.0 Å². The molecule has 0 aliphatic rings. The van der Waals surface area contributed by atoms with Gasteiger partial charge in [0.25, 0.3) is 11.8 Å². The van der Waals surface area contributed by atoms with E-state index in [0.29, 0.717) is 5.75 Å². The monoisotopic (exact) mass is 530 g/mol. The number of hydrogen-bond donors (Lipinski definition) is 3. The maximum Gasteiger partial charge on any atom is 0.287 e. The van der Waals surface area contributed by atoms with Crippen LogP contribution in [0.15, 0.2) is 88.1 Å². The fraction of sp³-hybridized carbons (Fsp3) is 0.233. The molecular weight excluding hydrogens is 500 g/mol. The van der Waals surface area contributed by atoms with E-state index >= 15 is 0 Å². The molecule has 0 fully saturated rings. The van der Waals surface area contributed by atoms with E-state index < -0.39 is 24.0 Å². The number of amides is 2. The van der Waals surface area contributed by atoms with Crippen molar-refractivity contribution >= 4 is 22.8 Å². The second-order valence-corrected chi connectivity index (χ2v) is 9.01. The van der Waals surface area contributed by atoms with Crippen molar-refractivity contribution in [3.8, 4) is 5.75 Å². The number of fused-ring (bicyclic) bond motifs is 1. The molecule has 2 amide bonds. The van der Waals surface area contributed by atoms with E-state index in [1.54, 1.807) is 12.1 Å². The Kier molecular flexibility index (Phi) is 9.09. The van der Waals surface area contributed by atoms with Gasteiger partial charge in [-0.1, -0.05) is 60.7 Å². The van der Waals surface area contributed by atoms with Gasteiger partial charge in [-0.2, -0.15) is 0 Å². The maximum atomic E-state index is 13.4. The topological polar surface area (TPSA) is 127 Å². The number of ether oxygens (including phenoxy) is 2. The predicted octanol–water partition coefficient (Wildman–Crippen LogP) is 3.10. The molecule has 0 radical (unpaired) electrons. The fourth-order valence-corrected chi connectivity index (χ4v) is 4.12. The molecule has 0 saturated heterocycles. The average molecular weight is 531 g/mol. The molecule has 4 aromatic rings. The van der Waals surface area contributed by atoms with Gasteiger partial charge >= 0.3 is 0 Å². The molecule has 0 bridgehead atoms. The van der Waals surface area contributed by atoms with E-state index in [4.69, 9.17) is 13.9 Å². The maximum absolute atomic E-state index is 13.4. The van der Waals surface area contributed by atoms with Gasteiger partial charge in [0.1, 0.15) is 11.3 Å². The molecule has 9 heteroatoms. The Labute approximate surface area is 225 Å². The Morgan fingerprint density at radius 1 is 0.974 bits per heavy atom. The quantitative estimate of drug-likeness (QED) is 0.254. The first-order valence-corrected chi connectivity index (χ1v) is 12.4. The third kappa shape index (κ3) is 6.90. The molecule has 2 atom stereocenters. The number of aliphatic hydroxyl groups is 1. The molecule has 0 saturated carbocycles. The summed E-state index contributed by atoms with van der Waals surface area (Å²) in [6, 6.07) is 22.1. The van der Waals surface area contributed by atoms with Crippen LogP contribution in [0.25, 0.3) is 11.0 Å². The fourth-order valence-electron chi connectivity index (χ4n) is 4.12. The summed E-state index contributed by atoms with van der Waals surface area (Å²) in [5.41, 5.74) is 1.55. The highest BCUT2D eigenvalue weighted by molar-refractivity contribution is 5.95. The molecule has 1 unspecified atom stereocenters. The highest BCUT2D eigenvalue weighted by Crippen LogP contribution is 2.22. The van der Waals surface area contributed by atoms with Crippen LogP contribution in [0.1, 0.15) is 27.2 Å². The van der Waals surface area contributed by atoms with Gasteiger partial charge in [0.05, 0.1) is 11.4 Å². The van der Waals surface area contributed by atoms with Crippen molar-refractivity contribution in [3.63, 3.8) is 0 Å². The molecule has 0 aliphatic carbocycles. The van der Waals surface area contributed by atoms with Gasteiger partial charge in [0.15, 0.2) is 24.1 Å². The number of methoxy groups -OCH3 is 1. The lowest BCUT2D eigenvalue weighted by atomic mass is 10.00. The molecular formula is C30H30N2O7. The summed E-state index contributed by atoms with van der Waals surface area (Å²) in [5, 5.41) is 16.7. The molecule has 0 aliphatic heterocycles. The number of rotatable bonds is 11. The highest BCUT2D eigenvalue weighted by atomic mass is 16.7. The number of carbonyl (C=O) groups is 2. The lowest BCUT2D eigenvalue weighted by Crippen LogP contribution is -2.51. The third-order valence-electron chi connectivity index (χ3n) is 6.21. The summed E-state index contributed by atoms with van der Waals surface area (Å²) in [4.78, 5) is 39.3. The summed E-state index contributed by atoms with van der Waals surface area (Å²) >= 11 is 0. The molecule has 39 heavy (non-hydrogen) atoms. The van der Waals surface area contributed by atoms with Gasteiger partial charge in [-0.25, -0.2) is 0 Å². The Morgan fingerprint density at radius 2 is 1.64 bits per heavy atom. The summed E-state index contributed by atoms with van der Waals surface area (Å²) in [6.45, 7) is 1.71.